The minimum atomic E-state index is -0.531. The Labute approximate surface area is 96.5 Å². The van der Waals surface area contributed by atoms with Crippen molar-refractivity contribution < 1.29 is 8.78 Å². The van der Waals surface area contributed by atoms with Crippen molar-refractivity contribution in [2.24, 2.45) is 0 Å². The molecule has 4 heteroatoms. The molecule has 0 radical (unpaired) electrons. The molecule has 0 aliphatic rings. The molecule has 0 atom stereocenters. The molecule has 1 nitrogen and oxygen atoms in total. The molecular formula is C12H8ClF2N. The first-order chi connectivity index (χ1) is 7.58. The zero-order valence-electron chi connectivity index (χ0n) is 8.18. The molecule has 2 aromatic rings. The van der Waals surface area contributed by atoms with Crippen LogP contribution in [0.3, 0.4) is 0 Å². The van der Waals surface area contributed by atoms with E-state index in [1.807, 2.05) is 0 Å². The smallest absolute Gasteiger partial charge is 0.146 e. The van der Waals surface area contributed by atoms with Crippen LogP contribution in [0.5, 0.6) is 0 Å². The van der Waals surface area contributed by atoms with Crippen LogP contribution in [0.15, 0.2) is 36.4 Å². The number of nitrogens with two attached hydrogens (primary N) is 1. The number of rotatable bonds is 1. The SMILES string of the molecule is Nc1ccc(-c2ccc(Cl)c(F)c2)cc1F. The van der Waals surface area contributed by atoms with Gasteiger partial charge in [-0.15, -0.1) is 0 Å². The minimum Gasteiger partial charge on any atom is -0.396 e. The van der Waals surface area contributed by atoms with Crippen LogP contribution in [-0.4, -0.2) is 0 Å². The van der Waals surface area contributed by atoms with E-state index in [9.17, 15) is 8.78 Å². The molecule has 0 saturated heterocycles. The summed E-state index contributed by atoms with van der Waals surface area (Å²) in [4.78, 5) is 0. The second-order valence-corrected chi connectivity index (χ2v) is 3.77. The third kappa shape index (κ3) is 1.99. The van der Waals surface area contributed by atoms with Gasteiger partial charge in [0, 0.05) is 0 Å². The van der Waals surface area contributed by atoms with Crippen LogP contribution in [-0.2, 0) is 0 Å². The monoisotopic (exact) mass is 239 g/mol. The van der Waals surface area contributed by atoms with Gasteiger partial charge in [-0.3, -0.25) is 0 Å². The second kappa shape index (κ2) is 4.10. The maximum atomic E-state index is 13.2. The van der Waals surface area contributed by atoms with Gasteiger partial charge in [0.2, 0.25) is 0 Å². The maximum Gasteiger partial charge on any atom is 0.146 e. The summed E-state index contributed by atoms with van der Waals surface area (Å²) in [6.45, 7) is 0. The second-order valence-electron chi connectivity index (χ2n) is 3.37. The van der Waals surface area contributed by atoms with Crippen molar-refractivity contribution in [1.29, 1.82) is 0 Å². The molecule has 0 unspecified atom stereocenters. The molecule has 2 N–H and O–H groups in total. The van der Waals surface area contributed by atoms with Gasteiger partial charge in [0.1, 0.15) is 11.6 Å². The summed E-state index contributed by atoms with van der Waals surface area (Å²) in [5.74, 6) is -1.05. The number of nitrogen functional groups attached to an aromatic ring is 1. The van der Waals surface area contributed by atoms with Crippen molar-refractivity contribution in [2.45, 2.75) is 0 Å². The Morgan fingerprint density at radius 3 is 2.00 bits per heavy atom. The molecule has 0 amide bonds. The zero-order chi connectivity index (χ0) is 11.7. The molecule has 0 heterocycles. The number of hydrogen-bond donors (Lipinski definition) is 1. The average molecular weight is 240 g/mol. The molecule has 2 rings (SSSR count). The molecule has 0 saturated carbocycles. The van der Waals surface area contributed by atoms with Crippen molar-refractivity contribution in [1.82, 2.24) is 0 Å². The summed E-state index contributed by atoms with van der Waals surface area (Å²) in [6, 6.07) is 8.64. The quantitative estimate of drug-likeness (QED) is 0.751. The van der Waals surface area contributed by atoms with Crippen LogP contribution in [0.2, 0.25) is 5.02 Å². The number of benzene rings is 2. The van der Waals surface area contributed by atoms with E-state index in [2.05, 4.69) is 0 Å². The van der Waals surface area contributed by atoms with Crippen LogP contribution in [0, 0.1) is 11.6 Å². The summed E-state index contributed by atoms with van der Waals surface area (Å²) in [5.41, 5.74) is 6.53. The largest absolute Gasteiger partial charge is 0.396 e. The summed E-state index contributed by atoms with van der Waals surface area (Å²) in [6.07, 6.45) is 0. The topological polar surface area (TPSA) is 26.0 Å². The lowest BCUT2D eigenvalue weighted by Gasteiger charge is -2.04. The van der Waals surface area contributed by atoms with Crippen LogP contribution in [0.4, 0.5) is 14.5 Å². The lowest BCUT2D eigenvalue weighted by molar-refractivity contribution is 0.628. The third-order valence-corrected chi connectivity index (χ3v) is 2.56. The van der Waals surface area contributed by atoms with Crippen LogP contribution in [0.1, 0.15) is 0 Å². The molecule has 82 valence electrons. The van der Waals surface area contributed by atoms with Crippen molar-refractivity contribution >= 4 is 17.3 Å². The molecule has 0 bridgehead atoms. The Bertz CT molecular complexity index is 491. The Balaban J connectivity index is 2.50. The summed E-state index contributed by atoms with van der Waals surface area (Å²) in [5, 5.41) is 0.0414. The van der Waals surface area contributed by atoms with E-state index in [-0.39, 0.29) is 10.7 Å². The highest BCUT2D eigenvalue weighted by Crippen LogP contribution is 2.26. The lowest BCUT2D eigenvalue weighted by Crippen LogP contribution is -1.90. The van der Waals surface area contributed by atoms with E-state index in [1.54, 1.807) is 12.1 Å². The van der Waals surface area contributed by atoms with Crippen molar-refractivity contribution in [3.05, 3.63) is 53.1 Å². The maximum absolute atomic E-state index is 13.2. The van der Waals surface area contributed by atoms with E-state index >= 15 is 0 Å². The van der Waals surface area contributed by atoms with Crippen LogP contribution < -0.4 is 5.73 Å². The fourth-order valence-electron chi connectivity index (χ4n) is 1.38. The molecule has 0 aliphatic heterocycles. The Morgan fingerprint density at radius 2 is 1.44 bits per heavy atom. The first-order valence-corrected chi connectivity index (χ1v) is 4.96. The van der Waals surface area contributed by atoms with Gasteiger partial charge in [0.15, 0.2) is 0 Å². The Kier molecular flexibility index (Phi) is 2.79. The number of hydrogen-bond acceptors (Lipinski definition) is 1. The molecule has 0 aromatic heterocycles. The molecule has 2 aromatic carbocycles. The highest BCUT2D eigenvalue weighted by Gasteiger charge is 2.05. The molecule has 0 fully saturated rings. The van der Waals surface area contributed by atoms with E-state index in [1.165, 1.54) is 24.3 Å². The van der Waals surface area contributed by atoms with Gasteiger partial charge < -0.3 is 5.73 Å². The fourth-order valence-corrected chi connectivity index (χ4v) is 1.50. The highest BCUT2D eigenvalue weighted by atomic mass is 35.5. The summed E-state index contributed by atoms with van der Waals surface area (Å²) >= 11 is 5.56. The van der Waals surface area contributed by atoms with Crippen molar-refractivity contribution in [2.75, 3.05) is 5.73 Å². The predicted molar refractivity (Wildman–Crippen MR) is 61.2 cm³/mol. The molecule has 16 heavy (non-hydrogen) atoms. The summed E-state index contributed by atoms with van der Waals surface area (Å²) < 4.78 is 26.4. The number of halogens is 3. The van der Waals surface area contributed by atoms with E-state index in [0.29, 0.717) is 11.1 Å². The Hall–Kier alpha value is -1.61. The van der Waals surface area contributed by atoms with E-state index < -0.39 is 11.6 Å². The first kappa shape index (κ1) is 10.9. The molecular weight excluding hydrogens is 232 g/mol. The van der Waals surface area contributed by atoms with Crippen LogP contribution in [0.25, 0.3) is 11.1 Å². The van der Waals surface area contributed by atoms with E-state index in [0.717, 1.165) is 0 Å². The molecule has 0 spiro atoms. The van der Waals surface area contributed by atoms with Gasteiger partial charge in [0.25, 0.3) is 0 Å². The van der Waals surface area contributed by atoms with Crippen molar-refractivity contribution in [3.63, 3.8) is 0 Å². The van der Waals surface area contributed by atoms with Gasteiger partial charge in [-0.25, -0.2) is 8.78 Å². The minimum absolute atomic E-state index is 0.0414. The van der Waals surface area contributed by atoms with E-state index in [4.69, 9.17) is 17.3 Å². The van der Waals surface area contributed by atoms with Crippen molar-refractivity contribution in [3.8, 4) is 11.1 Å². The standard InChI is InChI=1S/C12H8ClF2N/c13-9-3-1-7(5-10(9)14)8-2-4-12(16)11(15)6-8/h1-6H,16H2. The van der Waals surface area contributed by atoms with Gasteiger partial charge in [-0.2, -0.15) is 0 Å². The predicted octanol–water partition coefficient (Wildman–Crippen LogP) is 3.87. The van der Waals surface area contributed by atoms with Crippen LogP contribution >= 0.6 is 11.6 Å². The lowest BCUT2D eigenvalue weighted by atomic mass is 10.1. The molecule has 0 aliphatic carbocycles. The highest BCUT2D eigenvalue weighted by molar-refractivity contribution is 6.30. The van der Waals surface area contributed by atoms with Gasteiger partial charge in [0.05, 0.1) is 10.7 Å². The van der Waals surface area contributed by atoms with Gasteiger partial charge in [-0.1, -0.05) is 23.7 Å². The fraction of sp³-hybridized carbons (Fsp3) is 0. The van der Waals surface area contributed by atoms with Gasteiger partial charge in [-0.05, 0) is 35.4 Å². The van der Waals surface area contributed by atoms with Gasteiger partial charge >= 0.3 is 0 Å². The normalized spacial score (nSPS) is 10.4. The third-order valence-electron chi connectivity index (χ3n) is 2.25. The zero-order valence-corrected chi connectivity index (χ0v) is 8.93. The number of anilines is 1. The Morgan fingerprint density at radius 1 is 0.875 bits per heavy atom. The average Bonchev–Trinajstić information content (AvgIpc) is 2.26. The first-order valence-electron chi connectivity index (χ1n) is 4.58. The summed E-state index contributed by atoms with van der Waals surface area (Å²) in [7, 11) is 0.